The number of ether oxygens (including phenoxy) is 2. The van der Waals surface area contributed by atoms with Crippen molar-refractivity contribution in [1.82, 2.24) is 9.80 Å². The Bertz CT molecular complexity index is 1480. The summed E-state index contributed by atoms with van der Waals surface area (Å²) in [6.45, 7) is 8.08. The molecule has 0 unspecified atom stereocenters. The van der Waals surface area contributed by atoms with E-state index in [-0.39, 0.29) is 30.3 Å². The molecule has 1 saturated heterocycles. The Kier molecular flexibility index (Phi) is 7.28. The van der Waals surface area contributed by atoms with E-state index in [1.807, 2.05) is 17.0 Å². The van der Waals surface area contributed by atoms with Crippen LogP contribution in [0.3, 0.4) is 0 Å². The lowest BCUT2D eigenvalue weighted by molar-refractivity contribution is -0.202. The van der Waals surface area contributed by atoms with Gasteiger partial charge in [0.2, 0.25) is 5.91 Å². The number of hydrogen-bond acceptors (Lipinski definition) is 6. The topological polar surface area (TPSA) is 79.3 Å². The molecule has 230 valence electrons. The van der Waals surface area contributed by atoms with Crippen LogP contribution in [0.15, 0.2) is 30.3 Å². The minimum Gasteiger partial charge on any atom is -0.483 e. The van der Waals surface area contributed by atoms with E-state index in [1.54, 1.807) is 12.1 Å². The molecule has 2 saturated carbocycles. The molecule has 2 aromatic rings. The molecule has 7 nitrogen and oxygen atoms in total. The van der Waals surface area contributed by atoms with E-state index in [9.17, 15) is 14.7 Å². The fraction of sp³-hybridized carbons (Fsp3) is 0.588. The van der Waals surface area contributed by atoms with Crippen LogP contribution < -0.4 is 9.47 Å². The van der Waals surface area contributed by atoms with E-state index >= 15 is 0 Å². The number of nitrogens with zero attached hydrogens (tertiary/aromatic N) is 2. The summed E-state index contributed by atoms with van der Waals surface area (Å²) in [6, 6.07) is 8.96. The van der Waals surface area contributed by atoms with Crippen molar-refractivity contribution in [3.05, 3.63) is 57.1 Å². The summed E-state index contributed by atoms with van der Waals surface area (Å²) in [6.07, 6.45) is 4.93. The van der Waals surface area contributed by atoms with E-state index in [4.69, 9.17) is 32.7 Å². The third-order valence-corrected chi connectivity index (χ3v) is 11.3. The quantitative estimate of drug-likeness (QED) is 0.304. The Morgan fingerprint density at radius 2 is 1.93 bits per heavy atom. The minimum absolute atomic E-state index is 0.00236. The molecule has 2 aromatic carbocycles. The van der Waals surface area contributed by atoms with Gasteiger partial charge in [0.05, 0.1) is 33.5 Å². The highest BCUT2D eigenvalue weighted by Crippen LogP contribution is 2.66. The normalized spacial score (nSPS) is 30.5. The van der Waals surface area contributed by atoms with Crippen LogP contribution in [-0.2, 0) is 27.8 Å². The van der Waals surface area contributed by atoms with Crippen LogP contribution in [0.2, 0.25) is 10.0 Å². The van der Waals surface area contributed by atoms with Crippen LogP contribution in [0, 0.1) is 11.8 Å². The number of halogens is 2. The highest BCUT2D eigenvalue weighted by molar-refractivity contribution is 6.42. The molecule has 2 aliphatic heterocycles. The lowest BCUT2D eigenvalue weighted by Crippen LogP contribution is -2.78. The third-order valence-electron chi connectivity index (χ3n) is 10.6. The lowest BCUT2D eigenvalue weighted by atomic mass is 9.48. The molecule has 1 N–H and O–H groups in total. The molecule has 1 amide bonds. The molecular weight excluding hydrogens is 587 g/mol. The number of likely N-dealkylation sites (tertiary alicyclic amines) is 1. The Morgan fingerprint density at radius 1 is 1.14 bits per heavy atom. The molecule has 0 radical (unpaired) electrons. The average Bonchev–Trinajstić information content (AvgIpc) is 3.69. The van der Waals surface area contributed by atoms with Gasteiger partial charge in [-0.3, -0.25) is 14.5 Å². The molecule has 1 spiro atoms. The Labute approximate surface area is 263 Å². The van der Waals surface area contributed by atoms with Crippen molar-refractivity contribution in [3.63, 3.8) is 0 Å². The van der Waals surface area contributed by atoms with Gasteiger partial charge in [-0.1, -0.05) is 49.2 Å². The van der Waals surface area contributed by atoms with Gasteiger partial charge in [0, 0.05) is 31.6 Å². The van der Waals surface area contributed by atoms with Crippen molar-refractivity contribution in [2.45, 2.75) is 94.9 Å². The fourth-order valence-corrected chi connectivity index (χ4v) is 9.06. The summed E-state index contributed by atoms with van der Waals surface area (Å²) in [5.74, 6) is 1.49. The average molecular weight is 628 g/mol. The van der Waals surface area contributed by atoms with Gasteiger partial charge in [-0.05, 0) is 86.2 Å². The number of piperidine rings is 1. The predicted molar refractivity (Wildman–Crippen MR) is 165 cm³/mol. The molecule has 9 heteroatoms. The molecule has 2 heterocycles. The largest absolute Gasteiger partial charge is 0.483 e. The number of rotatable bonds is 8. The van der Waals surface area contributed by atoms with Crippen LogP contribution in [0.5, 0.6) is 11.5 Å². The number of hydrogen-bond donors (Lipinski definition) is 1. The van der Waals surface area contributed by atoms with Gasteiger partial charge in [0.1, 0.15) is 6.10 Å². The Morgan fingerprint density at radius 3 is 2.63 bits per heavy atom. The second-order valence-electron chi connectivity index (χ2n) is 13.8. The van der Waals surface area contributed by atoms with Crippen molar-refractivity contribution in [2.75, 3.05) is 19.6 Å². The van der Waals surface area contributed by atoms with Gasteiger partial charge in [0.15, 0.2) is 11.5 Å². The van der Waals surface area contributed by atoms with Gasteiger partial charge in [-0.2, -0.15) is 0 Å². The lowest BCUT2D eigenvalue weighted by Gasteiger charge is -2.65. The van der Waals surface area contributed by atoms with Crippen LogP contribution in [0.25, 0.3) is 0 Å². The second kappa shape index (κ2) is 10.6. The standard InChI is InChI=1S/C34H40Cl2N2O5/c1-19(2)17-38(29(40)15-22-6-8-24(35)25(36)14-22)26-10-11-34(41)28-16-23-7-9-27(42-20(3)39)31-30(23)33(34,32(26)43-31)12-13-37(28)18-21-4-5-21/h6-9,14,19,21,26,28,32,41H,4-5,10-13,15-18H2,1-3H3/t26-,28+,32-,33-,34+/m0/s1. The van der Waals surface area contributed by atoms with E-state index in [0.717, 1.165) is 42.6 Å². The summed E-state index contributed by atoms with van der Waals surface area (Å²) < 4.78 is 12.6. The maximum atomic E-state index is 14.2. The zero-order chi connectivity index (χ0) is 30.3. The van der Waals surface area contributed by atoms with E-state index in [2.05, 4.69) is 24.8 Å². The number of carbonyl (C=O) groups excluding carboxylic acids is 2. The third kappa shape index (κ3) is 4.68. The van der Waals surface area contributed by atoms with Crippen molar-refractivity contribution < 1.29 is 24.2 Å². The molecule has 43 heavy (non-hydrogen) atoms. The van der Waals surface area contributed by atoms with E-state index in [1.165, 1.54) is 19.8 Å². The highest BCUT2D eigenvalue weighted by atomic mass is 35.5. The first-order valence-corrected chi connectivity index (χ1v) is 16.5. The SMILES string of the molecule is CC(=O)Oc1ccc2c3c1O[C@H]1[C@@H](N(CC(C)C)C(=O)Cc4ccc(Cl)c(Cl)c4)CC[C@@]4(O)[C@@H](C2)N(CC2CC2)CC[C@]314. The minimum atomic E-state index is -1.01. The first kappa shape index (κ1) is 29.4. The zero-order valence-electron chi connectivity index (χ0n) is 25.1. The number of amides is 1. The van der Waals surface area contributed by atoms with Gasteiger partial charge in [-0.15, -0.1) is 0 Å². The molecule has 3 aliphatic carbocycles. The molecule has 7 rings (SSSR count). The Balaban J connectivity index is 1.31. The van der Waals surface area contributed by atoms with Gasteiger partial charge in [-0.25, -0.2) is 0 Å². The summed E-state index contributed by atoms with van der Waals surface area (Å²) in [4.78, 5) is 30.8. The summed E-state index contributed by atoms with van der Waals surface area (Å²) >= 11 is 12.5. The summed E-state index contributed by atoms with van der Waals surface area (Å²) in [7, 11) is 0. The number of benzene rings is 2. The number of carbonyl (C=O) groups is 2. The monoisotopic (exact) mass is 626 g/mol. The van der Waals surface area contributed by atoms with Gasteiger partial charge >= 0.3 is 5.97 Å². The Hall–Kier alpha value is -2.32. The van der Waals surface area contributed by atoms with E-state index < -0.39 is 23.1 Å². The number of esters is 1. The smallest absolute Gasteiger partial charge is 0.308 e. The van der Waals surface area contributed by atoms with Gasteiger partial charge < -0.3 is 19.5 Å². The van der Waals surface area contributed by atoms with Crippen molar-refractivity contribution in [1.29, 1.82) is 0 Å². The van der Waals surface area contributed by atoms with Gasteiger partial charge in [0.25, 0.3) is 0 Å². The van der Waals surface area contributed by atoms with Crippen molar-refractivity contribution >= 4 is 35.1 Å². The first-order chi connectivity index (χ1) is 20.5. The molecule has 5 aliphatic rings. The zero-order valence-corrected chi connectivity index (χ0v) is 26.6. The molecule has 2 bridgehead atoms. The maximum absolute atomic E-state index is 14.2. The molecule has 3 fully saturated rings. The summed E-state index contributed by atoms with van der Waals surface area (Å²) in [5.41, 5.74) is 1.25. The van der Waals surface area contributed by atoms with Crippen molar-refractivity contribution in [3.8, 4) is 11.5 Å². The summed E-state index contributed by atoms with van der Waals surface area (Å²) in [5, 5.41) is 13.8. The van der Waals surface area contributed by atoms with Crippen LogP contribution in [-0.4, -0.2) is 70.2 Å². The van der Waals surface area contributed by atoms with Crippen LogP contribution >= 0.6 is 23.2 Å². The predicted octanol–water partition coefficient (Wildman–Crippen LogP) is 5.58. The fourth-order valence-electron chi connectivity index (χ4n) is 8.74. The first-order valence-electron chi connectivity index (χ1n) is 15.7. The van der Waals surface area contributed by atoms with Crippen LogP contribution in [0.4, 0.5) is 0 Å². The van der Waals surface area contributed by atoms with Crippen molar-refractivity contribution in [2.24, 2.45) is 11.8 Å². The maximum Gasteiger partial charge on any atom is 0.308 e. The van der Waals surface area contributed by atoms with E-state index in [0.29, 0.717) is 46.8 Å². The highest BCUT2D eigenvalue weighted by Gasteiger charge is 2.73. The van der Waals surface area contributed by atoms with Crippen LogP contribution in [0.1, 0.15) is 69.6 Å². The molecule has 0 aromatic heterocycles. The molecule has 5 atom stereocenters. The second-order valence-corrected chi connectivity index (χ2v) is 14.6. The number of aliphatic hydroxyl groups is 1. The molecular formula is C34H40Cl2N2O5.